The molecule has 10 heteroatoms. The van der Waals surface area contributed by atoms with E-state index in [1.165, 1.54) is 236 Å². The van der Waals surface area contributed by atoms with Gasteiger partial charge in [0.15, 0.2) is 23.1 Å². The number of hydrogen-bond donors (Lipinski definition) is 0. The zero-order valence-electron chi connectivity index (χ0n) is 58.3. The Morgan fingerprint density at radius 2 is 0.656 bits per heavy atom. The minimum Gasteiger partial charge on any atom is -0.288 e. The van der Waals surface area contributed by atoms with Crippen molar-refractivity contribution < 1.29 is 19.2 Å². The lowest BCUT2D eigenvalue weighted by molar-refractivity contribution is 0.0975. The highest BCUT2D eigenvalue weighted by Crippen LogP contribution is 2.56. The Morgan fingerprint density at radius 1 is 0.333 bits per heavy atom. The third-order valence-electron chi connectivity index (χ3n) is 20.5. The van der Waals surface area contributed by atoms with Crippen LogP contribution in [0.15, 0.2) is 108 Å². The summed E-state index contributed by atoms with van der Waals surface area (Å²) in [6.07, 6.45) is 42.9. The number of carbonyl (C=O) groups excluding carboxylic acids is 4. The largest absolute Gasteiger partial charge is 0.288 e. The summed E-state index contributed by atoms with van der Waals surface area (Å²) < 4.78 is 2.59. The molecule has 0 aliphatic heterocycles. The molecule has 96 heavy (non-hydrogen) atoms. The fraction of sp³-hybridized carbons (Fsp3) is 0.465. The monoisotopic (exact) mass is 1390 g/mol. The number of allylic oxidation sites excluding steroid dienone is 2. The van der Waals surface area contributed by atoms with Crippen molar-refractivity contribution in [3.8, 4) is 40.4 Å². The number of Topliss-reactive ketones (excluding diaryl/α,β-unsaturated/α-hetero) is 4. The second-order valence-corrected chi connectivity index (χ2v) is 34.2. The highest BCUT2D eigenvalue weighted by molar-refractivity contribution is 7.29. The molecular formula is C86H102O4S6. The van der Waals surface area contributed by atoms with Crippen molar-refractivity contribution in [2.75, 3.05) is 0 Å². The molecule has 0 bridgehead atoms. The summed E-state index contributed by atoms with van der Waals surface area (Å²) in [5.74, 6) is 0.599. The van der Waals surface area contributed by atoms with E-state index in [4.69, 9.17) is 0 Å². The predicted octanol–water partition coefficient (Wildman–Crippen LogP) is 28.4. The molecule has 4 nitrogen and oxygen atoms in total. The second kappa shape index (κ2) is 35.5. The minimum absolute atomic E-state index is 0.172. The van der Waals surface area contributed by atoms with Crippen molar-refractivity contribution in [2.45, 2.75) is 247 Å². The van der Waals surface area contributed by atoms with Gasteiger partial charge < -0.3 is 0 Å². The van der Waals surface area contributed by atoms with Crippen molar-refractivity contribution >= 4 is 123 Å². The van der Waals surface area contributed by atoms with Crippen molar-refractivity contribution in [2.24, 2.45) is 11.8 Å². The van der Waals surface area contributed by atoms with Gasteiger partial charge in [0, 0.05) is 102 Å². The highest BCUT2D eigenvalue weighted by atomic mass is 32.1. The summed E-state index contributed by atoms with van der Waals surface area (Å²) in [7, 11) is 0. The fourth-order valence-corrected chi connectivity index (χ4v) is 22.1. The first-order valence-corrected chi connectivity index (χ1v) is 42.2. The van der Waals surface area contributed by atoms with Crippen molar-refractivity contribution in [1.29, 1.82) is 0 Å². The molecule has 2 aliphatic carbocycles. The molecule has 3 aromatic carbocycles. The number of fused-ring (bicyclic) bond motifs is 4. The van der Waals surface area contributed by atoms with Crippen LogP contribution in [0.2, 0.25) is 0 Å². The third kappa shape index (κ3) is 17.2. The molecule has 506 valence electrons. The summed E-state index contributed by atoms with van der Waals surface area (Å²) in [5.41, 5.74) is 7.62. The Morgan fingerprint density at radius 3 is 0.990 bits per heavy atom. The average Bonchev–Trinajstić information content (AvgIpc) is 1.56. The van der Waals surface area contributed by atoms with E-state index in [9.17, 15) is 19.2 Å². The molecule has 0 fully saturated rings. The Kier molecular flexibility index (Phi) is 26.6. The topological polar surface area (TPSA) is 68.3 Å². The van der Waals surface area contributed by atoms with Gasteiger partial charge in [0.05, 0.1) is 11.1 Å². The van der Waals surface area contributed by atoms with Gasteiger partial charge in [-0.05, 0) is 122 Å². The highest BCUT2D eigenvalue weighted by Gasteiger charge is 2.35. The lowest BCUT2D eigenvalue weighted by atomic mass is 9.95. The van der Waals surface area contributed by atoms with Crippen LogP contribution < -0.4 is 0 Å². The number of hydrogen-bond acceptors (Lipinski definition) is 10. The molecule has 2 unspecified atom stereocenters. The molecule has 0 saturated carbocycles. The number of rotatable bonds is 40. The van der Waals surface area contributed by atoms with Crippen LogP contribution in [0.5, 0.6) is 0 Å². The maximum atomic E-state index is 14.1. The Labute approximate surface area is 598 Å². The number of thiophene rings is 6. The van der Waals surface area contributed by atoms with Crippen LogP contribution in [0.1, 0.15) is 293 Å². The molecule has 0 amide bonds. The average molecular weight is 1390 g/mol. The van der Waals surface area contributed by atoms with Gasteiger partial charge >= 0.3 is 0 Å². The Hall–Kier alpha value is -5.46. The van der Waals surface area contributed by atoms with Gasteiger partial charge in [0.1, 0.15) is 0 Å². The Balaban J connectivity index is 1.04. The van der Waals surface area contributed by atoms with E-state index in [0.29, 0.717) is 34.1 Å². The molecule has 0 N–H and O–H groups in total. The molecule has 11 rings (SSSR count). The van der Waals surface area contributed by atoms with Gasteiger partial charge in [0.2, 0.25) is 0 Å². The summed E-state index contributed by atoms with van der Waals surface area (Å²) in [4.78, 5) is 68.8. The van der Waals surface area contributed by atoms with Crippen LogP contribution in [0.3, 0.4) is 0 Å². The molecule has 0 saturated heterocycles. The molecule has 0 radical (unpaired) electrons. The van der Waals surface area contributed by atoms with E-state index >= 15 is 0 Å². The molecule has 6 heterocycles. The predicted molar refractivity (Wildman–Crippen MR) is 422 cm³/mol. The van der Waals surface area contributed by atoms with Crippen LogP contribution >= 0.6 is 68.0 Å². The Bertz CT molecular complexity index is 3780. The molecule has 0 spiro atoms. The normalized spacial score (nSPS) is 13.8. The van der Waals surface area contributed by atoms with Crippen LogP contribution in [0.4, 0.5) is 0 Å². The van der Waals surface area contributed by atoms with Crippen molar-refractivity contribution in [3.63, 3.8) is 0 Å². The van der Waals surface area contributed by atoms with Crippen LogP contribution in [-0.4, -0.2) is 23.1 Å². The number of aryl methyl sites for hydroxylation is 2. The van der Waals surface area contributed by atoms with Gasteiger partial charge in [-0.2, -0.15) is 0 Å². The first-order chi connectivity index (χ1) is 47.0. The van der Waals surface area contributed by atoms with Gasteiger partial charge in [0.25, 0.3) is 0 Å². The van der Waals surface area contributed by atoms with Crippen LogP contribution in [0.25, 0.3) is 72.7 Å². The minimum atomic E-state index is -0.172. The van der Waals surface area contributed by atoms with E-state index in [0.717, 1.165) is 61.1 Å². The molecule has 9 aromatic rings. The number of ketones is 4. The van der Waals surface area contributed by atoms with Crippen molar-refractivity contribution in [1.82, 2.24) is 0 Å². The fourth-order valence-electron chi connectivity index (χ4n) is 14.6. The number of benzene rings is 3. The van der Waals surface area contributed by atoms with E-state index in [1.807, 2.05) is 81.8 Å². The molecule has 2 atom stereocenters. The molecular weight excluding hydrogens is 1290 g/mol. The summed E-state index contributed by atoms with van der Waals surface area (Å²) in [5, 5.41) is 2.55. The first-order valence-electron chi connectivity index (χ1n) is 37.3. The zero-order chi connectivity index (χ0) is 66.9. The van der Waals surface area contributed by atoms with Crippen LogP contribution in [0, 0.1) is 11.8 Å². The lowest BCUT2D eigenvalue weighted by Crippen LogP contribution is -2.01. The van der Waals surface area contributed by atoms with Crippen molar-refractivity contribution in [3.05, 3.63) is 161 Å². The van der Waals surface area contributed by atoms with Gasteiger partial charge in [-0.3, -0.25) is 19.2 Å². The number of carbonyl (C=O) groups is 4. The van der Waals surface area contributed by atoms with E-state index in [2.05, 4.69) is 90.1 Å². The van der Waals surface area contributed by atoms with Gasteiger partial charge in [-0.1, -0.05) is 257 Å². The first kappa shape index (κ1) is 71.8. The lowest BCUT2D eigenvalue weighted by Gasteiger charge is -2.13. The summed E-state index contributed by atoms with van der Waals surface area (Å²) in [6, 6.07) is 34.1. The molecule has 2 aliphatic rings. The van der Waals surface area contributed by atoms with E-state index in [-0.39, 0.29) is 34.3 Å². The van der Waals surface area contributed by atoms with Gasteiger partial charge in [-0.25, -0.2) is 0 Å². The smallest absolute Gasteiger partial charge is 0.197 e. The number of unbranched alkanes of at least 4 members (excludes halogenated alkanes) is 20. The SMILES string of the molecule is CCCCCCCCCCCCc1cc(-c2cc3c(-c4ccc(CC(CC)CCCC)s4)c4sc(-c5cc(CCCCCCCCCCCC)c(C=C6C(=O)c7ccccc7C6=O)s5)cc4c(-c4ccc(CC(CC)CCCC)s4)c3s2)sc1C=C1C(=O)c2ccccc2C1=O. The third-order valence-corrected chi connectivity index (χ3v) is 27.7. The zero-order valence-corrected chi connectivity index (χ0v) is 63.2. The van der Waals surface area contributed by atoms with Gasteiger partial charge in [-0.15, -0.1) is 68.0 Å². The molecule has 6 aromatic heterocycles. The van der Waals surface area contributed by atoms with E-state index in [1.54, 1.807) is 46.9 Å². The maximum absolute atomic E-state index is 14.1. The summed E-state index contributed by atoms with van der Waals surface area (Å²) in [6.45, 7) is 13.9. The van der Waals surface area contributed by atoms with Crippen LogP contribution in [-0.2, 0) is 25.7 Å². The summed E-state index contributed by atoms with van der Waals surface area (Å²) >= 11 is 11.3. The second-order valence-electron chi connectivity index (χ2n) is 27.6. The van der Waals surface area contributed by atoms with E-state index < -0.39 is 0 Å². The quantitative estimate of drug-likeness (QED) is 0.0218. The standard InChI is InChI=1S/C86H102O4S6/c1-7-13-17-19-21-23-25-27-29-31-39-59-51-75(93-73(59)55-69-81(87)63-41-33-34-42-64(63)82(69)88)77-53-67-79(71-47-45-61(91-71)49-57(11-5)37-15-9-3)86-68(80(85(67)95-77)72-48-46-62(92-72)50-58(12-6)38-16-10-4)54-78(96-86)76-52-60(40-32-30-28-26-24-22-20-18-14-8-2)74(94-76)56-70-83(89)65-43-35-36-44-66(65)84(70)90/h33-36,41-48,51-58H,7-32,37-40,49-50H2,1-6H3. The maximum Gasteiger partial charge on any atom is 0.197 e.